The highest BCUT2D eigenvalue weighted by molar-refractivity contribution is 8.03. The van der Waals surface area contributed by atoms with E-state index >= 15 is 0 Å². The normalized spacial score (nSPS) is 16.7. The minimum atomic E-state index is -0.523. The Labute approximate surface area is 297 Å². The maximum Gasteiger partial charge on any atom is 0.336 e. The van der Waals surface area contributed by atoms with Crippen molar-refractivity contribution in [3.8, 4) is 0 Å². The number of nitrogens with zero attached hydrogens (tertiary/aromatic N) is 1. The lowest BCUT2D eigenvalue weighted by molar-refractivity contribution is -0.159. The molecule has 0 amide bonds. The Morgan fingerprint density at radius 2 is 1.27 bits per heavy atom. The van der Waals surface area contributed by atoms with Crippen LogP contribution in [0.25, 0.3) is 0 Å². The number of carbonyl (C=O) groups excluding carboxylic acids is 1. The molecule has 5 aromatic carbocycles. The van der Waals surface area contributed by atoms with E-state index in [-0.39, 0.29) is 11.9 Å². The molecule has 1 aliphatic heterocycles. The highest BCUT2D eigenvalue weighted by Gasteiger charge is 2.43. The van der Waals surface area contributed by atoms with Crippen molar-refractivity contribution in [1.29, 1.82) is 0 Å². The molecule has 6 rings (SSSR count). The summed E-state index contributed by atoms with van der Waals surface area (Å²) >= 11 is 1.75. The van der Waals surface area contributed by atoms with Crippen molar-refractivity contribution < 1.29 is 9.53 Å². The molecule has 0 radical (unpaired) electrons. The summed E-state index contributed by atoms with van der Waals surface area (Å²) in [6, 6.07) is 51.2. The Morgan fingerprint density at radius 1 is 0.694 bits per heavy atom. The lowest BCUT2D eigenvalue weighted by Gasteiger charge is -2.40. The van der Waals surface area contributed by atoms with Gasteiger partial charge >= 0.3 is 5.97 Å². The fraction of sp³-hybridized carbons (Fsp3) is 0.267. The number of cyclic esters (lactones) is 1. The lowest BCUT2D eigenvalue weighted by Crippen LogP contribution is -2.41. The van der Waals surface area contributed by atoms with Crippen molar-refractivity contribution in [1.82, 2.24) is 0 Å². The van der Waals surface area contributed by atoms with Crippen LogP contribution >= 0.6 is 11.8 Å². The Balaban J connectivity index is 1.37. The van der Waals surface area contributed by atoms with E-state index in [1.54, 1.807) is 11.8 Å². The first kappa shape index (κ1) is 34.3. The van der Waals surface area contributed by atoms with E-state index in [4.69, 9.17) is 4.74 Å². The van der Waals surface area contributed by atoms with E-state index in [0.29, 0.717) is 0 Å². The zero-order chi connectivity index (χ0) is 33.9. The van der Waals surface area contributed by atoms with Gasteiger partial charge in [0.25, 0.3) is 0 Å². The first-order chi connectivity index (χ1) is 24.1. The minimum Gasteiger partial charge on any atom is -0.455 e. The summed E-state index contributed by atoms with van der Waals surface area (Å²) in [7, 11) is 0. The molecule has 1 aliphatic rings. The Morgan fingerprint density at radius 3 is 1.84 bits per heavy atom. The molecule has 250 valence electrons. The summed E-state index contributed by atoms with van der Waals surface area (Å²) in [4.78, 5) is 19.2. The van der Waals surface area contributed by atoms with Crippen LogP contribution in [0.3, 0.4) is 0 Å². The largest absolute Gasteiger partial charge is 0.455 e. The molecule has 0 unspecified atom stereocenters. The van der Waals surface area contributed by atoms with E-state index in [2.05, 4.69) is 158 Å². The Hall–Kier alpha value is -4.54. The third kappa shape index (κ3) is 8.93. The van der Waals surface area contributed by atoms with Gasteiger partial charge in [-0.25, -0.2) is 4.79 Å². The summed E-state index contributed by atoms with van der Waals surface area (Å²) in [6.07, 6.45) is 5.03. The molecule has 4 heteroatoms. The van der Waals surface area contributed by atoms with Crippen molar-refractivity contribution in [2.45, 2.75) is 81.9 Å². The van der Waals surface area contributed by atoms with Crippen molar-refractivity contribution >= 4 is 23.4 Å². The highest BCUT2D eigenvalue weighted by Crippen LogP contribution is 2.48. The van der Waals surface area contributed by atoms with Crippen molar-refractivity contribution in [3.63, 3.8) is 0 Å². The maximum atomic E-state index is 14.5. The van der Waals surface area contributed by atoms with Crippen LogP contribution in [-0.2, 0) is 29.0 Å². The van der Waals surface area contributed by atoms with Gasteiger partial charge in [-0.05, 0) is 72.2 Å². The molecule has 0 saturated carbocycles. The van der Waals surface area contributed by atoms with Crippen LogP contribution in [0.5, 0.6) is 0 Å². The fourth-order valence-electron chi connectivity index (χ4n) is 7.11. The Bertz CT molecular complexity index is 1770. The standard InChI is InChI=1S/C45H47NO2S/c1-3-29-45(30-28-35-18-9-5-10-19-35)32-42(49-40-26-15-8-16-27-40)43(44(47)48-45)41(4-2)38-24-17-25-39(31-38)46(33-36-20-11-6-12-21-36)34-37-22-13-7-14-23-37/h5-27,31,41H,3-4,28-30,32-34H2,1-2H3/t41-,45+/m1/s1. The SMILES string of the molecule is CCC[C@]1(CCc2ccccc2)CC(Sc2ccccc2)=C([C@H](CC)c2cccc(N(Cc3ccccc3)Cc3ccccc3)c2)C(=O)O1. The third-order valence-corrected chi connectivity index (χ3v) is 10.7. The van der Waals surface area contributed by atoms with Crippen molar-refractivity contribution in [2.24, 2.45) is 0 Å². The number of thioether (sulfide) groups is 1. The number of hydrogen-bond acceptors (Lipinski definition) is 4. The van der Waals surface area contributed by atoms with Crippen LogP contribution in [0.15, 0.2) is 161 Å². The summed E-state index contributed by atoms with van der Waals surface area (Å²) in [6.45, 7) is 5.96. The van der Waals surface area contributed by atoms with E-state index in [1.807, 2.05) is 6.07 Å². The molecule has 49 heavy (non-hydrogen) atoms. The number of ether oxygens (including phenoxy) is 1. The van der Waals surface area contributed by atoms with E-state index in [1.165, 1.54) is 16.7 Å². The fourth-order valence-corrected chi connectivity index (χ4v) is 8.36. The number of anilines is 1. The zero-order valence-corrected chi connectivity index (χ0v) is 29.6. The van der Waals surface area contributed by atoms with Gasteiger partial charge < -0.3 is 9.64 Å². The molecule has 1 heterocycles. The smallest absolute Gasteiger partial charge is 0.336 e. The molecule has 5 aromatic rings. The van der Waals surface area contributed by atoms with Crippen molar-refractivity contribution in [2.75, 3.05) is 4.90 Å². The van der Waals surface area contributed by atoms with E-state index < -0.39 is 5.60 Å². The molecule has 0 N–H and O–H groups in total. The summed E-state index contributed by atoms with van der Waals surface area (Å²) in [5, 5.41) is 0. The van der Waals surface area contributed by atoms with Crippen LogP contribution < -0.4 is 4.90 Å². The van der Waals surface area contributed by atoms with Gasteiger partial charge in [-0.15, -0.1) is 0 Å². The third-order valence-electron chi connectivity index (χ3n) is 9.54. The van der Waals surface area contributed by atoms with Gasteiger partial charge in [0.1, 0.15) is 5.60 Å². The second kappa shape index (κ2) is 16.7. The number of carbonyl (C=O) groups is 1. The van der Waals surface area contributed by atoms with Gasteiger partial charge in [0.2, 0.25) is 0 Å². The molecule has 0 fully saturated rings. The molecular formula is C45H47NO2S. The number of benzene rings is 5. The average Bonchev–Trinajstić information content (AvgIpc) is 3.14. The lowest BCUT2D eigenvalue weighted by atomic mass is 9.80. The van der Waals surface area contributed by atoms with E-state index in [0.717, 1.165) is 78.2 Å². The summed E-state index contributed by atoms with van der Waals surface area (Å²) < 4.78 is 6.64. The number of esters is 1. The summed E-state index contributed by atoms with van der Waals surface area (Å²) in [5.41, 5.74) is 6.39. The molecule has 0 aromatic heterocycles. The summed E-state index contributed by atoms with van der Waals surface area (Å²) in [5.74, 6) is -0.239. The van der Waals surface area contributed by atoms with Crippen molar-refractivity contribution in [3.05, 3.63) is 178 Å². The Kier molecular flexibility index (Phi) is 11.7. The van der Waals surface area contributed by atoms with Crippen LogP contribution in [0.1, 0.15) is 74.1 Å². The topological polar surface area (TPSA) is 29.5 Å². The maximum absolute atomic E-state index is 14.5. The molecule has 2 atom stereocenters. The zero-order valence-electron chi connectivity index (χ0n) is 28.8. The molecular weight excluding hydrogens is 619 g/mol. The molecule has 0 spiro atoms. The second-order valence-electron chi connectivity index (χ2n) is 13.1. The van der Waals surface area contributed by atoms with Gasteiger partial charge in [-0.2, -0.15) is 0 Å². The highest BCUT2D eigenvalue weighted by atomic mass is 32.2. The monoisotopic (exact) mass is 665 g/mol. The predicted octanol–water partition coefficient (Wildman–Crippen LogP) is 11.6. The van der Waals surface area contributed by atoms with Crippen LogP contribution in [-0.4, -0.2) is 11.6 Å². The predicted molar refractivity (Wildman–Crippen MR) is 205 cm³/mol. The quantitative estimate of drug-likeness (QED) is 0.104. The van der Waals surface area contributed by atoms with Crippen LogP contribution in [0.4, 0.5) is 5.69 Å². The van der Waals surface area contributed by atoms with Gasteiger partial charge in [0.05, 0.1) is 5.57 Å². The average molecular weight is 666 g/mol. The molecule has 0 saturated heterocycles. The number of hydrogen-bond donors (Lipinski definition) is 0. The van der Waals surface area contributed by atoms with Gasteiger partial charge in [0.15, 0.2) is 0 Å². The molecule has 3 nitrogen and oxygen atoms in total. The number of aryl methyl sites for hydroxylation is 1. The molecule has 0 bridgehead atoms. The second-order valence-corrected chi connectivity index (χ2v) is 14.3. The van der Waals surface area contributed by atoms with Gasteiger partial charge in [0, 0.05) is 40.9 Å². The van der Waals surface area contributed by atoms with Crippen LogP contribution in [0.2, 0.25) is 0 Å². The first-order valence-corrected chi connectivity index (χ1v) is 18.5. The van der Waals surface area contributed by atoms with E-state index in [9.17, 15) is 4.79 Å². The molecule has 0 aliphatic carbocycles. The van der Waals surface area contributed by atoms with Gasteiger partial charge in [-0.1, -0.05) is 153 Å². The minimum absolute atomic E-state index is 0.0808. The van der Waals surface area contributed by atoms with Gasteiger partial charge in [-0.3, -0.25) is 0 Å². The number of rotatable bonds is 15. The van der Waals surface area contributed by atoms with Crippen LogP contribution in [0, 0.1) is 0 Å². The first-order valence-electron chi connectivity index (χ1n) is 17.7.